The van der Waals surface area contributed by atoms with E-state index in [1.807, 2.05) is 49.5 Å². The standard InChI is InChI=1S/C14H16N2O/c1-11-2-7-14(15-8-11)16-9-12-3-5-13(10-17)6-4-12/h2-8,17H,9-10H2,1H3,(H,15,16). The van der Waals surface area contributed by atoms with E-state index >= 15 is 0 Å². The van der Waals surface area contributed by atoms with E-state index in [4.69, 9.17) is 5.11 Å². The fourth-order valence-electron chi connectivity index (χ4n) is 1.53. The molecule has 1 aromatic heterocycles. The van der Waals surface area contributed by atoms with Crippen LogP contribution in [0.25, 0.3) is 0 Å². The van der Waals surface area contributed by atoms with Crippen LogP contribution in [0.4, 0.5) is 5.82 Å². The van der Waals surface area contributed by atoms with E-state index in [-0.39, 0.29) is 6.61 Å². The van der Waals surface area contributed by atoms with Gasteiger partial charge in [0, 0.05) is 12.7 Å². The Hall–Kier alpha value is -1.87. The molecule has 2 rings (SSSR count). The first-order valence-corrected chi connectivity index (χ1v) is 5.63. The molecule has 0 atom stereocenters. The third-order valence-corrected chi connectivity index (χ3v) is 2.59. The molecule has 1 aromatic carbocycles. The summed E-state index contributed by atoms with van der Waals surface area (Å²) in [7, 11) is 0. The predicted molar refractivity (Wildman–Crippen MR) is 68.7 cm³/mol. The lowest BCUT2D eigenvalue weighted by Gasteiger charge is -2.06. The van der Waals surface area contributed by atoms with Gasteiger partial charge in [0.1, 0.15) is 5.82 Å². The van der Waals surface area contributed by atoms with Crippen LogP contribution in [0.1, 0.15) is 16.7 Å². The highest BCUT2D eigenvalue weighted by atomic mass is 16.3. The Morgan fingerprint density at radius 3 is 2.35 bits per heavy atom. The summed E-state index contributed by atoms with van der Waals surface area (Å²) in [6.45, 7) is 2.85. The maximum atomic E-state index is 8.94. The molecule has 3 nitrogen and oxygen atoms in total. The summed E-state index contributed by atoms with van der Waals surface area (Å²) in [5.74, 6) is 0.877. The minimum Gasteiger partial charge on any atom is -0.392 e. The van der Waals surface area contributed by atoms with Gasteiger partial charge in [0.15, 0.2) is 0 Å². The molecule has 2 N–H and O–H groups in total. The largest absolute Gasteiger partial charge is 0.392 e. The molecular formula is C14H16N2O. The number of hydrogen-bond donors (Lipinski definition) is 2. The molecule has 0 radical (unpaired) electrons. The molecule has 0 amide bonds. The number of aliphatic hydroxyl groups is 1. The van der Waals surface area contributed by atoms with E-state index in [1.165, 1.54) is 5.56 Å². The van der Waals surface area contributed by atoms with E-state index in [0.29, 0.717) is 0 Å². The van der Waals surface area contributed by atoms with Crippen molar-refractivity contribution in [3.63, 3.8) is 0 Å². The number of benzene rings is 1. The van der Waals surface area contributed by atoms with Crippen molar-refractivity contribution in [1.82, 2.24) is 4.98 Å². The highest BCUT2D eigenvalue weighted by Gasteiger charge is 1.96. The molecule has 0 bridgehead atoms. The van der Waals surface area contributed by atoms with Crippen LogP contribution in [0.15, 0.2) is 42.6 Å². The Morgan fingerprint density at radius 2 is 1.76 bits per heavy atom. The van der Waals surface area contributed by atoms with E-state index in [9.17, 15) is 0 Å². The average molecular weight is 228 g/mol. The molecule has 1 heterocycles. The number of pyridine rings is 1. The van der Waals surface area contributed by atoms with Gasteiger partial charge in [-0.1, -0.05) is 30.3 Å². The van der Waals surface area contributed by atoms with Crippen molar-refractivity contribution >= 4 is 5.82 Å². The van der Waals surface area contributed by atoms with Gasteiger partial charge in [-0.25, -0.2) is 4.98 Å². The molecule has 2 aromatic rings. The number of rotatable bonds is 4. The summed E-state index contributed by atoms with van der Waals surface area (Å²) in [5, 5.41) is 12.2. The van der Waals surface area contributed by atoms with Crippen molar-refractivity contribution in [2.24, 2.45) is 0 Å². The number of aryl methyl sites for hydroxylation is 1. The molecule has 0 aliphatic rings. The lowest BCUT2D eigenvalue weighted by atomic mass is 10.1. The van der Waals surface area contributed by atoms with Gasteiger partial charge >= 0.3 is 0 Å². The third-order valence-electron chi connectivity index (χ3n) is 2.59. The minimum absolute atomic E-state index is 0.0905. The monoisotopic (exact) mass is 228 g/mol. The van der Waals surface area contributed by atoms with Crippen LogP contribution in [0.2, 0.25) is 0 Å². The normalized spacial score (nSPS) is 10.2. The zero-order valence-electron chi connectivity index (χ0n) is 9.85. The van der Waals surface area contributed by atoms with Crippen LogP contribution in [0, 0.1) is 6.92 Å². The zero-order valence-corrected chi connectivity index (χ0v) is 9.85. The highest BCUT2D eigenvalue weighted by Crippen LogP contribution is 2.08. The van der Waals surface area contributed by atoms with Gasteiger partial charge in [-0.15, -0.1) is 0 Å². The fraction of sp³-hybridized carbons (Fsp3) is 0.214. The molecule has 0 saturated carbocycles. The number of hydrogen-bond acceptors (Lipinski definition) is 3. The Kier molecular flexibility index (Phi) is 3.73. The van der Waals surface area contributed by atoms with Crippen molar-refractivity contribution < 1.29 is 5.11 Å². The Bertz CT molecular complexity index is 463. The van der Waals surface area contributed by atoms with E-state index < -0.39 is 0 Å². The van der Waals surface area contributed by atoms with Gasteiger partial charge in [-0.2, -0.15) is 0 Å². The van der Waals surface area contributed by atoms with E-state index in [2.05, 4.69) is 10.3 Å². The molecule has 0 spiro atoms. The molecular weight excluding hydrogens is 212 g/mol. The summed E-state index contributed by atoms with van der Waals surface area (Å²) in [4.78, 5) is 4.28. The zero-order chi connectivity index (χ0) is 12.1. The minimum atomic E-state index is 0.0905. The van der Waals surface area contributed by atoms with Gasteiger partial charge in [0.25, 0.3) is 0 Å². The van der Waals surface area contributed by atoms with Crippen LogP contribution < -0.4 is 5.32 Å². The highest BCUT2D eigenvalue weighted by molar-refractivity contribution is 5.36. The summed E-state index contributed by atoms with van der Waals surface area (Å²) in [6.07, 6.45) is 1.84. The fourth-order valence-corrected chi connectivity index (χ4v) is 1.53. The molecule has 0 fully saturated rings. The number of aliphatic hydroxyl groups excluding tert-OH is 1. The van der Waals surface area contributed by atoms with E-state index in [1.54, 1.807) is 0 Å². The summed E-state index contributed by atoms with van der Waals surface area (Å²) in [5.41, 5.74) is 3.26. The maximum Gasteiger partial charge on any atom is 0.126 e. The molecule has 0 aliphatic carbocycles. The Labute approximate surface area is 101 Å². The number of nitrogens with one attached hydrogen (secondary N) is 1. The molecule has 17 heavy (non-hydrogen) atoms. The van der Waals surface area contributed by atoms with Crippen LogP contribution in [-0.4, -0.2) is 10.1 Å². The van der Waals surface area contributed by atoms with Gasteiger partial charge < -0.3 is 10.4 Å². The second-order valence-corrected chi connectivity index (χ2v) is 4.05. The predicted octanol–water partition coefficient (Wildman–Crippen LogP) is 2.49. The van der Waals surface area contributed by atoms with Crippen LogP contribution in [0.3, 0.4) is 0 Å². The molecule has 0 aliphatic heterocycles. The van der Waals surface area contributed by atoms with Crippen molar-refractivity contribution in [3.8, 4) is 0 Å². The smallest absolute Gasteiger partial charge is 0.126 e. The summed E-state index contributed by atoms with van der Waals surface area (Å²) in [6, 6.07) is 11.9. The molecule has 0 unspecified atom stereocenters. The number of nitrogens with zero attached hydrogens (tertiary/aromatic N) is 1. The first-order valence-electron chi connectivity index (χ1n) is 5.63. The second kappa shape index (κ2) is 5.46. The van der Waals surface area contributed by atoms with Gasteiger partial charge in [-0.05, 0) is 29.7 Å². The molecule has 0 saturated heterocycles. The number of aromatic nitrogens is 1. The quantitative estimate of drug-likeness (QED) is 0.845. The Balaban J connectivity index is 1.95. The molecule has 3 heteroatoms. The second-order valence-electron chi connectivity index (χ2n) is 4.05. The first-order chi connectivity index (χ1) is 8.28. The van der Waals surface area contributed by atoms with E-state index in [0.717, 1.165) is 23.5 Å². The van der Waals surface area contributed by atoms with Crippen LogP contribution >= 0.6 is 0 Å². The van der Waals surface area contributed by atoms with Gasteiger partial charge in [-0.3, -0.25) is 0 Å². The van der Waals surface area contributed by atoms with Gasteiger partial charge in [0.2, 0.25) is 0 Å². The first kappa shape index (κ1) is 11.6. The maximum absolute atomic E-state index is 8.94. The SMILES string of the molecule is Cc1ccc(NCc2ccc(CO)cc2)nc1. The topological polar surface area (TPSA) is 45.1 Å². The third kappa shape index (κ3) is 3.29. The molecule has 88 valence electrons. The van der Waals surface area contributed by atoms with Crippen molar-refractivity contribution in [2.75, 3.05) is 5.32 Å². The van der Waals surface area contributed by atoms with Crippen LogP contribution in [-0.2, 0) is 13.2 Å². The van der Waals surface area contributed by atoms with Crippen LogP contribution in [0.5, 0.6) is 0 Å². The summed E-state index contributed by atoms with van der Waals surface area (Å²) < 4.78 is 0. The van der Waals surface area contributed by atoms with Crippen molar-refractivity contribution in [1.29, 1.82) is 0 Å². The number of anilines is 1. The average Bonchev–Trinajstić information content (AvgIpc) is 2.39. The Morgan fingerprint density at radius 1 is 1.06 bits per heavy atom. The summed E-state index contributed by atoms with van der Waals surface area (Å²) >= 11 is 0. The lowest BCUT2D eigenvalue weighted by Crippen LogP contribution is -2.01. The van der Waals surface area contributed by atoms with Crippen molar-refractivity contribution in [2.45, 2.75) is 20.1 Å². The van der Waals surface area contributed by atoms with Gasteiger partial charge in [0.05, 0.1) is 6.61 Å². The lowest BCUT2D eigenvalue weighted by molar-refractivity contribution is 0.282. The van der Waals surface area contributed by atoms with Crippen molar-refractivity contribution in [3.05, 3.63) is 59.3 Å².